The highest BCUT2D eigenvalue weighted by Crippen LogP contribution is 2.28. The van der Waals surface area contributed by atoms with Gasteiger partial charge in [0.15, 0.2) is 0 Å². The first kappa shape index (κ1) is 24.3. The zero-order valence-corrected chi connectivity index (χ0v) is 20.1. The molecule has 6 nitrogen and oxygen atoms in total. The number of nitrogens with one attached hydrogen (secondary N) is 1. The number of benzene rings is 4. The molecule has 0 saturated carbocycles. The third kappa shape index (κ3) is 5.80. The quantitative estimate of drug-likeness (QED) is 0.134. The Kier molecular flexibility index (Phi) is 7.65. The van der Waals surface area contributed by atoms with Crippen LogP contribution in [0, 0.1) is 0 Å². The molecule has 1 N–H and O–H groups in total. The van der Waals surface area contributed by atoms with Crippen LogP contribution in [0.1, 0.15) is 33.2 Å². The minimum atomic E-state index is -0.532. The summed E-state index contributed by atoms with van der Waals surface area (Å²) in [7, 11) is 0. The Morgan fingerprint density at radius 1 is 0.971 bits per heavy atom. The van der Waals surface area contributed by atoms with Gasteiger partial charge in [0.25, 0.3) is 5.91 Å². The highest BCUT2D eigenvalue weighted by molar-refractivity contribution is 6.36. The van der Waals surface area contributed by atoms with Crippen molar-refractivity contribution in [3.8, 4) is 11.5 Å². The number of halogens is 2. The average Bonchev–Trinajstić information content (AvgIpc) is 2.85. The van der Waals surface area contributed by atoms with Gasteiger partial charge in [-0.25, -0.2) is 10.2 Å². The van der Waals surface area contributed by atoms with Crippen LogP contribution >= 0.6 is 23.2 Å². The fourth-order valence-corrected chi connectivity index (χ4v) is 3.89. The van der Waals surface area contributed by atoms with Crippen molar-refractivity contribution in [1.29, 1.82) is 0 Å². The number of esters is 1. The number of rotatable bonds is 7. The van der Waals surface area contributed by atoms with Gasteiger partial charge in [0.1, 0.15) is 11.5 Å². The topological polar surface area (TPSA) is 77.0 Å². The molecule has 0 atom stereocenters. The predicted octanol–water partition coefficient (Wildman–Crippen LogP) is 6.53. The minimum Gasteiger partial charge on any atom is -0.494 e. The molecule has 0 aliphatic carbocycles. The zero-order chi connectivity index (χ0) is 24.8. The molecule has 0 spiro atoms. The van der Waals surface area contributed by atoms with Gasteiger partial charge in [0, 0.05) is 10.6 Å². The van der Waals surface area contributed by atoms with E-state index in [9.17, 15) is 9.59 Å². The lowest BCUT2D eigenvalue weighted by atomic mass is 10.0. The lowest BCUT2D eigenvalue weighted by molar-refractivity contribution is 0.0734. The summed E-state index contributed by atoms with van der Waals surface area (Å²) >= 11 is 12.0. The maximum absolute atomic E-state index is 12.8. The molecule has 0 unspecified atom stereocenters. The van der Waals surface area contributed by atoms with Gasteiger partial charge in [-0.2, -0.15) is 5.10 Å². The SMILES string of the molecule is CCOc1ccc(C(=O)Oc2ccc3ccccc3c2/C=N\NC(=O)c2ccc(Cl)cc2Cl)cc1. The second-order valence-electron chi connectivity index (χ2n) is 7.37. The molecule has 0 aliphatic heterocycles. The molecule has 8 heteroatoms. The van der Waals surface area contributed by atoms with Crippen molar-refractivity contribution >= 4 is 52.1 Å². The van der Waals surface area contributed by atoms with Gasteiger partial charge in [0.05, 0.1) is 29.0 Å². The molecule has 1 amide bonds. The summed E-state index contributed by atoms with van der Waals surface area (Å²) in [6, 6.07) is 22.4. The van der Waals surface area contributed by atoms with E-state index in [0.29, 0.717) is 34.3 Å². The van der Waals surface area contributed by atoms with Crippen LogP contribution in [0.25, 0.3) is 10.8 Å². The smallest absolute Gasteiger partial charge is 0.343 e. The number of carbonyl (C=O) groups excluding carboxylic acids is 2. The standard InChI is InChI=1S/C27H20Cl2N2O4/c1-2-34-20-11-7-18(8-12-20)27(33)35-25-14-9-17-5-3-4-6-21(17)23(25)16-30-31-26(32)22-13-10-19(28)15-24(22)29/h3-16H,2H2,1H3,(H,31,32)/b30-16-. The van der Waals surface area contributed by atoms with Crippen LogP contribution in [-0.4, -0.2) is 24.7 Å². The van der Waals surface area contributed by atoms with Crippen molar-refractivity contribution in [3.05, 3.63) is 106 Å². The van der Waals surface area contributed by atoms with Gasteiger partial charge in [-0.3, -0.25) is 4.79 Å². The highest BCUT2D eigenvalue weighted by atomic mass is 35.5. The molecule has 0 aliphatic rings. The van der Waals surface area contributed by atoms with Gasteiger partial charge in [-0.1, -0.05) is 53.5 Å². The number of amides is 1. The number of hydrogen-bond acceptors (Lipinski definition) is 5. The van der Waals surface area contributed by atoms with Crippen molar-refractivity contribution in [2.45, 2.75) is 6.92 Å². The third-order valence-corrected chi connectivity index (χ3v) is 5.62. The molecule has 0 heterocycles. The molecular weight excluding hydrogens is 487 g/mol. The lowest BCUT2D eigenvalue weighted by Crippen LogP contribution is -2.18. The molecule has 0 fully saturated rings. The molecule has 4 aromatic carbocycles. The Balaban J connectivity index is 1.60. The fraction of sp³-hybridized carbons (Fsp3) is 0.0741. The van der Waals surface area contributed by atoms with E-state index < -0.39 is 11.9 Å². The van der Waals surface area contributed by atoms with E-state index in [4.69, 9.17) is 32.7 Å². The van der Waals surface area contributed by atoms with E-state index in [0.717, 1.165) is 10.8 Å². The molecular formula is C27H20Cl2N2O4. The molecule has 176 valence electrons. The van der Waals surface area contributed by atoms with Crippen LogP contribution in [0.5, 0.6) is 11.5 Å². The van der Waals surface area contributed by atoms with E-state index in [1.165, 1.54) is 18.3 Å². The summed E-state index contributed by atoms with van der Waals surface area (Å²) in [5.74, 6) is -0.0738. The normalized spacial score (nSPS) is 10.9. The molecule has 4 rings (SSSR count). The number of fused-ring (bicyclic) bond motifs is 1. The second kappa shape index (κ2) is 11.0. The van der Waals surface area contributed by atoms with Gasteiger partial charge < -0.3 is 9.47 Å². The van der Waals surface area contributed by atoms with Gasteiger partial charge in [-0.05, 0) is 66.2 Å². The van der Waals surface area contributed by atoms with E-state index in [1.807, 2.05) is 37.3 Å². The summed E-state index contributed by atoms with van der Waals surface area (Å²) in [5.41, 5.74) is 3.58. The van der Waals surface area contributed by atoms with Crippen molar-refractivity contribution < 1.29 is 19.1 Å². The molecule has 35 heavy (non-hydrogen) atoms. The number of hydrogen-bond donors (Lipinski definition) is 1. The Labute approximate surface area is 212 Å². The molecule has 4 aromatic rings. The molecule has 0 saturated heterocycles. The van der Waals surface area contributed by atoms with E-state index >= 15 is 0 Å². The summed E-state index contributed by atoms with van der Waals surface area (Å²) in [4.78, 5) is 25.3. The van der Waals surface area contributed by atoms with Crippen molar-refractivity contribution in [2.75, 3.05) is 6.61 Å². The Morgan fingerprint density at radius 2 is 1.74 bits per heavy atom. The van der Waals surface area contributed by atoms with E-state index in [-0.39, 0.29) is 10.6 Å². The summed E-state index contributed by atoms with van der Waals surface area (Å²) < 4.78 is 11.1. The molecule has 0 bridgehead atoms. The van der Waals surface area contributed by atoms with Crippen LogP contribution < -0.4 is 14.9 Å². The predicted molar refractivity (Wildman–Crippen MR) is 138 cm³/mol. The fourth-order valence-electron chi connectivity index (χ4n) is 3.40. The maximum atomic E-state index is 12.8. The number of carbonyl (C=O) groups is 2. The van der Waals surface area contributed by atoms with E-state index in [1.54, 1.807) is 36.4 Å². The highest BCUT2D eigenvalue weighted by Gasteiger charge is 2.14. The van der Waals surface area contributed by atoms with Crippen molar-refractivity contribution in [3.63, 3.8) is 0 Å². The monoisotopic (exact) mass is 506 g/mol. The van der Waals surface area contributed by atoms with Crippen LogP contribution in [0.3, 0.4) is 0 Å². The first-order chi connectivity index (χ1) is 17.0. The van der Waals surface area contributed by atoms with Crippen molar-refractivity contribution in [2.24, 2.45) is 5.10 Å². The van der Waals surface area contributed by atoms with Gasteiger partial charge >= 0.3 is 5.97 Å². The van der Waals surface area contributed by atoms with Crippen LogP contribution in [0.4, 0.5) is 0 Å². The first-order valence-electron chi connectivity index (χ1n) is 10.7. The second-order valence-corrected chi connectivity index (χ2v) is 8.21. The maximum Gasteiger partial charge on any atom is 0.343 e. The van der Waals surface area contributed by atoms with Gasteiger partial charge in [0.2, 0.25) is 0 Å². The number of hydrazone groups is 1. The van der Waals surface area contributed by atoms with Crippen LogP contribution in [-0.2, 0) is 0 Å². The summed E-state index contributed by atoms with van der Waals surface area (Å²) in [6.45, 7) is 2.42. The Bertz CT molecular complexity index is 1420. The van der Waals surface area contributed by atoms with Crippen LogP contribution in [0.2, 0.25) is 10.0 Å². The third-order valence-electron chi connectivity index (χ3n) is 5.07. The molecule has 0 radical (unpaired) electrons. The van der Waals surface area contributed by atoms with Crippen LogP contribution in [0.15, 0.2) is 84.0 Å². The largest absolute Gasteiger partial charge is 0.494 e. The Morgan fingerprint density at radius 3 is 2.49 bits per heavy atom. The van der Waals surface area contributed by atoms with E-state index in [2.05, 4.69) is 10.5 Å². The number of ether oxygens (including phenoxy) is 2. The average molecular weight is 507 g/mol. The summed E-state index contributed by atoms with van der Waals surface area (Å²) in [5, 5.41) is 6.43. The minimum absolute atomic E-state index is 0.209. The molecule has 0 aromatic heterocycles. The number of nitrogens with zero attached hydrogens (tertiary/aromatic N) is 1. The Hall–Kier alpha value is -3.87. The zero-order valence-electron chi connectivity index (χ0n) is 18.6. The van der Waals surface area contributed by atoms with Gasteiger partial charge in [-0.15, -0.1) is 0 Å². The van der Waals surface area contributed by atoms with Crippen molar-refractivity contribution in [1.82, 2.24) is 5.43 Å². The first-order valence-corrected chi connectivity index (χ1v) is 11.5. The lowest BCUT2D eigenvalue weighted by Gasteiger charge is -2.11. The summed E-state index contributed by atoms with van der Waals surface area (Å²) in [6.07, 6.45) is 1.44.